The number of carbonyl (C=O) groups is 2. The molecule has 2 amide bonds. The fourth-order valence-corrected chi connectivity index (χ4v) is 4.35. The van der Waals surface area contributed by atoms with Crippen LogP contribution in [0.1, 0.15) is 69.7 Å². The van der Waals surface area contributed by atoms with Crippen LogP contribution in [0, 0.1) is 11.3 Å². The number of nitrogens with zero attached hydrogens (tertiary/aromatic N) is 1. The highest BCUT2D eigenvalue weighted by Crippen LogP contribution is 2.37. The summed E-state index contributed by atoms with van der Waals surface area (Å²) in [6.07, 6.45) is 7.30. The van der Waals surface area contributed by atoms with Gasteiger partial charge < -0.3 is 15.4 Å². The molecule has 8 heteroatoms. The lowest BCUT2D eigenvalue weighted by Crippen LogP contribution is -2.44. The molecule has 0 radical (unpaired) electrons. The minimum Gasteiger partial charge on any atom is -0.435 e. The molecule has 1 fully saturated rings. The predicted octanol–water partition coefficient (Wildman–Crippen LogP) is 4.86. The second-order valence-electron chi connectivity index (χ2n) is 9.74. The van der Waals surface area contributed by atoms with Gasteiger partial charge in [0.2, 0.25) is 0 Å². The van der Waals surface area contributed by atoms with Crippen LogP contribution in [-0.2, 0) is 4.79 Å². The number of halogens is 2. The first-order valence-corrected chi connectivity index (χ1v) is 11.6. The fourth-order valence-electron chi connectivity index (χ4n) is 4.35. The SMILES string of the molecule is CC(C)(C)C1CCC(NC(=O)C2=NCCCC=C2NC(=O)c2ccc(OC(F)F)cc2)CC1. The number of hydrogen-bond donors (Lipinski definition) is 2. The zero-order valence-electron chi connectivity index (χ0n) is 19.5. The van der Waals surface area contributed by atoms with E-state index in [1.54, 1.807) is 0 Å². The summed E-state index contributed by atoms with van der Waals surface area (Å²) in [5, 5.41) is 5.88. The number of carbonyl (C=O) groups excluding carboxylic acids is 2. The summed E-state index contributed by atoms with van der Waals surface area (Å²) >= 11 is 0. The highest BCUT2D eigenvalue weighted by Gasteiger charge is 2.31. The summed E-state index contributed by atoms with van der Waals surface area (Å²) in [6.45, 7) is 4.36. The molecule has 2 N–H and O–H groups in total. The third-order valence-corrected chi connectivity index (χ3v) is 6.33. The highest BCUT2D eigenvalue weighted by atomic mass is 19.3. The Morgan fingerprint density at radius 3 is 2.33 bits per heavy atom. The molecule has 180 valence electrons. The molecular formula is C25H33F2N3O3. The van der Waals surface area contributed by atoms with Crippen molar-refractivity contribution in [1.29, 1.82) is 0 Å². The van der Waals surface area contributed by atoms with Gasteiger partial charge in [0.15, 0.2) is 0 Å². The normalized spacial score (nSPS) is 21.5. The Bertz CT molecular complexity index is 896. The van der Waals surface area contributed by atoms with E-state index in [9.17, 15) is 18.4 Å². The molecule has 0 unspecified atom stereocenters. The average molecular weight is 462 g/mol. The Morgan fingerprint density at radius 2 is 1.73 bits per heavy atom. The Morgan fingerprint density at radius 1 is 1.06 bits per heavy atom. The quantitative estimate of drug-likeness (QED) is 0.635. The van der Waals surface area contributed by atoms with Crippen LogP contribution < -0.4 is 15.4 Å². The van der Waals surface area contributed by atoms with E-state index >= 15 is 0 Å². The topological polar surface area (TPSA) is 79.8 Å². The number of hydrogen-bond acceptors (Lipinski definition) is 4. The number of nitrogens with one attached hydrogen (secondary N) is 2. The minimum atomic E-state index is -2.93. The van der Waals surface area contributed by atoms with Crippen LogP contribution >= 0.6 is 0 Å². The summed E-state index contributed by atoms with van der Waals surface area (Å²) in [5.74, 6) is -0.104. The molecule has 3 rings (SSSR count). The fraction of sp³-hybridized carbons (Fsp3) is 0.560. The highest BCUT2D eigenvalue weighted by molar-refractivity contribution is 6.45. The van der Waals surface area contributed by atoms with Crippen molar-refractivity contribution in [3.63, 3.8) is 0 Å². The van der Waals surface area contributed by atoms with Gasteiger partial charge in [-0.1, -0.05) is 26.8 Å². The van der Waals surface area contributed by atoms with Gasteiger partial charge >= 0.3 is 6.61 Å². The Labute approximate surface area is 193 Å². The second-order valence-corrected chi connectivity index (χ2v) is 9.74. The van der Waals surface area contributed by atoms with Crippen LogP contribution in [0.5, 0.6) is 5.75 Å². The molecule has 1 aliphatic heterocycles. The third-order valence-electron chi connectivity index (χ3n) is 6.33. The second kappa shape index (κ2) is 10.9. The van der Waals surface area contributed by atoms with E-state index in [1.165, 1.54) is 24.3 Å². The van der Waals surface area contributed by atoms with Crippen molar-refractivity contribution in [2.24, 2.45) is 16.3 Å². The van der Waals surface area contributed by atoms with E-state index in [0.29, 0.717) is 24.6 Å². The van der Waals surface area contributed by atoms with Gasteiger partial charge in [-0.2, -0.15) is 8.78 Å². The zero-order valence-corrected chi connectivity index (χ0v) is 19.5. The van der Waals surface area contributed by atoms with E-state index < -0.39 is 12.5 Å². The molecule has 2 aliphatic rings. The number of allylic oxidation sites excluding steroid dienone is 1. The summed E-state index contributed by atoms with van der Waals surface area (Å²) in [6, 6.07) is 5.50. The van der Waals surface area contributed by atoms with Gasteiger partial charge in [-0.15, -0.1) is 0 Å². The smallest absolute Gasteiger partial charge is 0.387 e. The largest absolute Gasteiger partial charge is 0.435 e. The first-order chi connectivity index (χ1) is 15.6. The van der Waals surface area contributed by atoms with Gasteiger partial charge in [-0.05, 0) is 74.1 Å². The molecule has 0 bridgehead atoms. The number of rotatable bonds is 6. The number of benzene rings is 1. The molecule has 1 heterocycles. The zero-order chi connectivity index (χ0) is 24.0. The van der Waals surface area contributed by atoms with Crippen LogP contribution in [0.25, 0.3) is 0 Å². The molecule has 1 aliphatic carbocycles. The maximum Gasteiger partial charge on any atom is 0.387 e. The minimum absolute atomic E-state index is 0.0296. The van der Waals surface area contributed by atoms with Crippen LogP contribution in [-0.4, -0.2) is 36.7 Å². The molecule has 1 aromatic carbocycles. The number of ether oxygens (including phenoxy) is 1. The number of aliphatic imine (C=N–C) groups is 1. The maximum atomic E-state index is 13.1. The lowest BCUT2D eigenvalue weighted by molar-refractivity contribution is -0.115. The monoisotopic (exact) mass is 461 g/mol. The van der Waals surface area contributed by atoms with Crippen molar-refractivity contribution in [3.8, 4) is 5.75 Å². The Balaban J connectivity index is 1.62. The summed E-state index contributed by atoms with van der Waals surface area (Å²) < 4.78 is 29.0. The van der Waals surface area contributed by atoms with Gasteiger partial charge in [-0.25, -0.2) is 0 Å². The van der Waals surface area contributed by atoms with Crippen molar-refractivity contribution >= 4 is 17.5 Å². The van der Waals surface area contributed by atoms with E-state index in [1.807, 2.05) is 6.08 Å². The van der Waals surface area contributed by atoms with E-state index in [-0.39, 0.29) is 34.4 Å². The van der Waals surface area contributed by atoms with Gasteiger partial charge in [-0.3, -0.25) is 14.6 Å². The van der Waals surface area contributed by atoms with Crippen LogP contribution in [0.2, 0.25) is 0 Å². The molecule has 0 saturated heterocycles. The summed E-state index contributed by atoms with van der Waals surface area (Å²) in [4.78, 5) is 30.2. The van der Waals surface area contributed by atoms with E-state index in [2.05, 4.69) is 41.1 Å². The van der Waals surface area contributed by atoms with E-state index in [4.69, 9.17) is 0 Å². The summed E-state index contributed by atoms with van der Waals surface area (Å²) in [7, 11) is 0. The molecule has 0 aromatic heterocycles. The molecular weight excluding hydrogens is 428 g/mol. The van der Waals surface area contributed by atoms with Gasteiger partial charge in [0, 0.05) is 18.2 Å². The van der Waals surface area contributed by atoms with Crippen LogP contribution in [0.15, 0.2) is 41.0 Å². The van der Waals surface area contributed by atoms with Crippen molar-refractivity contribution in [2.75, 3.05) is 6.54 Å². The van der Waals surface area contributed by atoms with Crippen molar-refractivity contribution in [2.45, 2.75) is 71.9 Å². The first kappa shape index (κ1) is 24.9. The van der Waals surface area contributed by atoms with Gasteiger partial charge in [0.25, 0.3) is 11.8 Å². The molecule has 6 nitrogen and oxygen atoms in total. The van der Waals surface area contributed by atoms with E-state index in [0.717, 1.165) is 32.1 Å². The Kier molecular flexibility index (Phi) is 8.21. The van der Waals surface area contributed by atoms with Crippen LogP contribution in [0.3, 0.4) is 0 Å². The first-order valence-electron chi connectivity index (χ1n) is 11.6. The van der Waals surface area contributed by atoms with Gasteiger partial charge in [0.1, 0.15) is 11.5 Å². The van der Waals surface area contributed by atoms with Crippen molar-refractivity contribution in [1.82, 2.24) is 10.6 Å². The molecule has 0 atom stereocenters. The van der Waals surface area contributed by atoms with Crippen LogP contribution in [0.4, 0.5) is 8.78 Å². The van der Waals surface area contributed by atoms with Gasteiger partial charge in [0.05, 0.1) is 5.70 Å². The van der Waals surface area contributed by atoms with Crippen molar-refractivity contribution < 1.29 is 23.1 Å². The number of alkyl halides is 2. The lowest BCUT2D eigenvalue weighted by atomic mass is 9.71. The molecule has 0 spiro atoms. The summed E-state index contributed by atoms with van der Waals surface area (Å²) in [5.41, 5.74) is 1.15. The number of amides is 2. The third kappa shape index (κ3) is 7.11. The Hall–Kier alpha value is -2.77. The average Bonchev–Trinajstić information content (AvgIpc) is 2.99. The lowest BCUT2D eigenvalue weighted by Gasteiger charge is -2.37. The maximum absolute atomic E-state index is 13.1. The predicted molar refractivity (Wildman–Crippen MR) is 124 cm³/mol. The molecule has 33 heavy (non-hydrogen) atoms. The van der Waals surface area contributed by atoms with Crippen molar-refractivity contribution in [3.05, 3.63) is 41.6 Å². The molecule has 1 aromatic rings. The molecule has 1 saturated carbocycles. The standard InChI is InChI=1S/C25H33F2N3O3/c1-25(2,3)17-9-11-18(12-10-17)29-23(32)21-20(6-4-5-15-28-21)30-22(31)16-7-13-19(14-8-16)33-24(26)27/h6-8,13-14,17-18,24H,4-5,9-12,15H2,1-3H3,(H,29,32)(H,30,31).